The highest BCUT2D eigenvalue weighted by Crippen LogP contribution is 2.23. The van der Waals surface area contributed by atoms with Gasteiger partial charge in [-0.25, -0.2) is 4.39 Å². The number of nitrogens with one attached hydrogen (secondary N) is 1. The Bertz CT molecular complexity index is 818. The van der Waals surface area contributed by atoms with E-state index in [-0.39, 0.29) is 19.0 Å². The predicted molar refractivity (Wildman–Crippen MR) is 94.8 cm³/mol. The molecule has 25 heavy (non-hydrogen) atoms. The lowest BCUT2D eigenvalue weighted by molar-refractivity contribution is 0.291. The van der Waals surface area contributed by atoms with E-state index >= 15 is 0 Å². The predicted octanol–water partition coefficient (Wildman–Crippen LogP) is 2.87. The van der Waals surface area contributed by atoms with Gasteiger partial charge in [0, 0.05) is 29.2 Å². The van der Waals surface area contributed by atoms with Gasteiger partial charge in [0.2, 0.25) is 0 Å². The molecule has 2 aromatic carbocycles. The smallest absolute Gasteiger partial charge is 0.129 e. The molecule has 0 amide bonds. The van der Waals surface area contributed by atoms with Crippen molar-refractivity contribution < 1.29 is 9.50 Å². The summed E-state index contributed by atoms with van der Waals surface area (Å²) >= 11 is 6.10. The molecule has 0 saturated heterocycles. The topological polar surface area (TPSA) is 63.0 Å². The van der Waals surface area contributed by atoms with Crippen LogP contribution in [0.2, 0.25) is 5.02 Å². The Morgan fingerprint density at radius 1 is 1.08 bits per heavy atom. The van der Waals surface area contributed by atoms with Gasteiger partial charge in [0.1, 0.15) is 17.2 Å². The van der Waals surface area contributed by atoms with Crippen LogP contribution in [-0.2, 0) is 13.1 Å². The minimum atomic E-state index is -0.383. The Kier molecular flexibility index (Phi) is 5.75. The van der Waals surface area contributed by atoms with Gasteiger partial charge in [-0.1, -0.05) is 48.0 Å². The quantitative estimate of drug-likeness (QED) is 0.636. The standard InChI is InChI=1S/C18H18ClFN4O/c19-15-7-4-8-16(20)14(15)12-24-22-17(11-21-9-10-25)18(23-24)13-5-2-1-3-6-13/h1-8,21,25H,9-12H2. The third kappa shape index (κ3) is 4.22. The van der Waals surface area contributed by atoms with Gasteiger partial charge in [-0.2, -0.15) is 15.0 Å². The molecular formula is C18H18ClFN4O. The van der Waals surface area contributed by atoms with Crippen molar-refractivity contribution in [1.82, 2.24) is 20.3 Å². The van der Waals surface area contributed by atoms with E-state index in [4.69, 9.17) is 16.7 Å². The van der Waals surface area contributed by atoms with Crippen LogP contribution in [0.25, 0.3) is 11.3 Å². The number of aromatic nitrogens is 3. The third-order valence-corrected chi connectivity index (χ3v) is 4.07. The summed E-state index contributed by atoms with van der Waals surface area (Å²) in [4.78, 5) is 1.45. The number of aliphatic hydroxyl groups excluding tert-OH is 1. The molecular weight excluding hydrogens is 343 g/mol. The summed E-state index contributed by atoms with van der Waals surface area (Å²) in [5.41, 5.74) is 2.73. The molecule has 0 aliphatic carbocycles. The second-order valence-corrected chi connectivity index (χ2v) is 5.90. The second-order valence-electron chi connectivity index (χ2n) is 5.49. The average Bonchev–Trinajstić information content (AvgIpc) is 3.02. The largest absolute Gasteiger partial charge is 0.395 e. The molecule has 0 radical (unpaired) electrons. The van der Waals surface area contributed by atoms with E-state index in [1.807, 2.05) is 30.3 Å². The monoisotopic (exact) mass is 360 g/mol. The summed E-state index contributed by atoms with van der Waals surface area (Å²) < 4.78 is 14.0. The highest BCUT2D eigenvalue weighted by molar-refractivity contribution is 6.31. The number of nitrogens with zero attached hydrogens (tertiary/aromatic N) is 3. The van der Waals surface area contributed by atoms with Gasteiger partial charge in [-0.15, -0.1) is 0 Å². The maximum absolute atomic E-state index is 14.0. The second kappa shape index (κ2) is 8.20. The van der Waals surface area contributed by atoms with E-state index in [2.05, 4.69) is 15.5 Å². The van der Waals surface area contributed by atoms with Crippen LogP contribution in [0, 0.1) is 5.82 Å². The Hall–Kier alpha value is -2.28. The molecule has 0 aliphatic heterocycles. The van der Waals surface area contributed by atoms with E-state index in [9.17, 15) is 4.39 Å². The molecule has 1 heterocycles. The molecule has 0 spiro atoms. The van der Waals surface area contributed by atoms with Crippen molar-refractivity contribution in [3.63, 3.8) is 0 Å². The first-order chi connectivity index (χ1) is 12.2. The molecule has 1 aromatic heterocycles. The average molecular weight is 361 g/mol. The van der Waals surface area contributed by atoms with Gasteiger partial charge in [0.15, 0.2) is 0 Å². The zero-order valence-corrected chi connectivity index (χ0v) is 14.2. The molecule has 0 saturated carbocycles. The highest BCUT2D eigenvalue weighted by Gasteiger charge is 2.15. The van der Waals surface area contributed by atoms with Crippen molar-refractivity contribution >= 4 is 11.6 Å². The fraction of sp³-hybridized carbons (Fsp3) is 0.222. The first kappa shape index (κ1) is 17.5. The lowest BCUT2D eigenvalue weighted by Gasteiger charge is -2.04. The summed E-state index contributed by atoms with van der Waals surface area (Å²) in [5.74, 6) is -0.383. The number of halogens is 2. The lowest BCUT2D eigenvalue weighted by Crippen LogP contribution is -2.18. The van der Waals surface area contributed by atoms with Gasteiger partial charge < -0.3 is 10.4 Å². The fourth-order valence-corrected chi connectivity index (χ4v) is 2.73. The summed E-state index contributed by atoms with van der Waals surface area (Å²) in [6.07, 6.45) is 0. The van der Waals surface area contributed by atoms with Crippen LogP contribution in [0.5, 0.6) is 0 Å². The van der Waals surface area contributed by atoms with Crippen LogP contribution in [-0.4, -0.2) is 33.3 Å². The number of benzene rings is 2. The van der Waals surface area contributed by atoms with Gasteiger partial charge in [0.05, 0.1) is 13.2 Å². The van der Waals surface area contributed by atoms with Crippen LogP contribution < -0.4 is 5.32 Å². The first-order valence-electron chi connectivity index (χ1n) is 7.93. The molecule has 0 bridgehead atoms. The Morgan fingerprint density at radius 2 is 1.88 bits per heavy atom. The number of hydrogen-bond donors (Lipinski definition) is 2. The zero-order chi connectivity index (χ0) is 17.6. The molecule has 3 rings (SSSR count). The Morgan fingerprint density at radius 3 is 2.60 bits per heavy atom. The van der Waals surface area contributed by atoms with Crippen LogP contribution in [0.1, 0.15) is 11.3 Å². The first-order valence-corrected chi connectivity index (χ1v) is 8.30. The van der Waals surface area contributed by atoms with Crippen molar-refractivity contribution in [1.29, 1.82) is 0 Å². The molecule has 2 N–H and O–H groups in total. The number of rotatable bonds is 7. The van der Waals surface area contributed by atoms with Crippen LogP contribution >= 0.6 is 11.6 Å². The van der Waals surface area contributed by atoms with Crippen molar-refractivity contribution in [2.75, 3.05) is 13.2 Å². The zero-order valence-electron chi connectivity index (χ0n) is 13.5. The summed E-state index contributed by atoms with van der Waals surface area (Å²) in [7, 11) is 0. The normalized spacial score (nSPS) is 11.0. The molecule has 0 fully saturated rings. The van der Waals surface area contributed by atoms with E-state index in [1.54, 1.807) is 12.1 Å². The molecule has 7 heteroatoms. The summed E-state index contributed by atoms with van der Waals surface area (Å²) in [6.45, 7) is 1.10. The fourth-order valence-electron chi connectivity index (χ4n) is 2.50. The van der Waals surface area contributed by atoms with Gasteiger partial charge in [-0.3, -0.25) is 0 Å². The molecule has 0 aliphatic rings. The number of aliphatic hydroxyl groups is 1. The maximum Gasteiger partial charge on any atom is 0.129 e. The Balaban J connectivity index is 1.92. The summed E-state index contributed by atoms with van der Waals surface area (Å²) in [5, 5.41) is 21.4. The van der Waals surface area contributed by atoms with Crippen molar-refractivity contribution in [2.24, 2.45) is 0 Å². The van der Waals surface area contributed by atoms with Gasteiger partial charge in [0.25, 0.3) is 0 Å². The lowest BCUT2D eigenvalue weighted by atomic mass is 10.1. The third-order valence-electron chi connectivity index (χ3n) is 3.71. The molecule has 0 atom stereocenters. The van der Waals surface area contributed by atoms with Crippen LogP contribution in [0.15, 0.2) is 48.5 Å². The van der Waals surface area contributed by atoms with E-state index < -0.39 is 0 Å². The summed E-state index contributed by atoms with van der Waals surface area (Å²) in [6, 6.07) is 14.2. The van der Waals surface area contributed by atoms with E-state index in [1.165, 1.54) is 10.9 Å². The number of hydrogen-bond acceptors (Lipinski definition) is 4. The van der Waals surface area contributed by atoms with Crippen molar-refractivity contribution in [3.05, 3.63) is 70.6 Å². The minimum absolute atomic E-state index is 0.0413. The van der Waals surface area contributed by atoms with Crippen LogP contribution in [0.4, 0.5) is 4.39 Å². The maximum atomic E-state index is 14.0. The van der Waals surface area contributed by atoms with E-state index in [0.29, 0.717) is 23.7 Å². The van der Waals surface area contributed by atoms with Gasteiger partial charge >= 0.3 is 0 Å². The van der Waals surface area contributed by atoms with E-state index in [0.717, 1.165) is 17.0 Å². The minimum Gasteiger partial charge on any atom is -0.395 e. The van der Waals surface area contributed by atoms with Crippen LogP contribution in [0.3, 0.4) is 0 Å². The molecule has 5 nitrogen and oxygen atoms in total. The van der Waals surface area contributed by atoms with Crippen molar-refractivity contribution in [2.45, 2.75) is 13.1 Å². The molecule has 130 valence electrons. The van der Waals surface area contributed by atoms with Crippen molar-refractivity contribution in [3.8, 4) is 11.3 Å². The SMILES string of the molecule is OCCNCc1nn(Cc2c(F)cccc2Cl)nc1-c1ccccc1. The molecule has 3 aromatic rings. The Labute approximate surface area is 150 Å². The van der Waals surface area contributed by atoms with Gasteiger partial charge in [-0.05, 0) is 12.1 Å². The molecule has 0 unspecified atom stereocenters. The highest BCUT2D eigenvalue weighted by atomic mass is 35.5.